The second-order valence-electron chi connectivity index (χ2n) is 8.02. The second kappa shape index (κ2) is 7.76. The lowest BCUT2D eigenvalue weighted by Crippen LogP contribution is -2.26. The Bertz CT molecular complexity index is 816. The van der Waals surface area contributed by atoms with Gasteiger partial charge in [0.05, 0.1) is 30.0 Å². The number of ketones is 2. The third-order valence-electron chi connectivity index (χ3n) is 5.07. The van der Waals surface area contributed by atoms with E-state index in [4.69, 9.17) is 9.63 Å². The maximum Gasteiger partial charge on any atom is 0.168 e. The Balaban J connectivity index is 1.83. The molecule has 0 aliphatic heterocycles. The Morgan fingerprint density at radius 3 is 2.70 bits per heavy atom. The number of carbonyl (C=O) groups is 2. The van der Waals surface area contributed by atoms with Crippen molar-refractivity contribution in [2.24, 2.45) is 10.4 Å². The summed E-state index contributed by atoms with van der Waals surface area (Å²) in [6.07, 6.45) is 3.31. The van der Waals surface area contributed by atoms with Gasteiger partial charge < -0.3 is 14.7 Å². The molecule has 0 saturated heterocycles. The van der Waals surface area contributed by atoms with Crippen LogP contribution in [0.2, 0.25) is 0 Å². The minimum atomic E-state index is -0.140. The van der Waals surface area contributed by atoms with E-state index in [1.54, 1.807) is 0 Å². The average Bonchev–Trinajstić information content (AvgIpc) is 2.98. The Hall–Kier alpha value is -2.28. The fourth-order valence-electron chi connectivity index (χ4n) is 3.85. The van der Waals surface area contributed by atoms with Gasteiger partial charge in [-0.3, -0.25) is 14.6 Å². The van der Waals surface area contributed by atoms with Gasteiger partial charge in [-0.2, -0.15) is 0 Å². The van der Waals surface area contributed by atoms with Crippen molar-refractivity contribution in [3.8, 4) is 0 Å². The van der Waals surface area contributed by atoms with E-state index >= 15 is 0 Å². The predicted molar refractivity (Wildman–Crippen MR) is 99.2 cm³/mol. The largest absolute Gasteiger partial charge is 0.511 e. The van der Waals surface area contributed by atoms with Crippen LogP contribution in [-0.4, -0.2) is 45.8 Å². The van der Waals surface area contributed by atoms with Gasteiger partial charge in [-0.25, -0.2) is 0 Å². The fourth-order valence-corrected chi connectivity index (χ4v) is 3.85. The van der Waals surface area contributed by atoms with Crippen molar-refractivity contribution in [2.75, 3.05) is 13.2 Å². The molecule has 2 N–H and O–H groups in total. The molecule has 1 aromatic heterocycles. The molecule has 0 unspecified atom stereocenters. The van der Waals surface area contributed by atoms with Crippen LogP contribution in [0.3, 0.4) is 0 Å². The van der Waals surface area contributed by atoms with Gasteiger partial charge in [0.2, 0.25) is 0 Å². The molecule has 1 aromatic rings. The van der Waals surface area contributed by atoms with E-state index < -0.39 is 0 Å². The van der Waals surface area contributed by atoms with Gasteiger partial charge in [-0.15, -0.1) is 0 Å². The van der Waals surface area contributed by atoms with Gasteiger partial charge in [0, 0.05) is 31.4 Å². The highest BCUT2D eigenvalue weighted by Gasteiger charge is 2.36. The first-order valence-corrected chi connectivity index (χ1v) is 9.43. The Labute approximate surface area is 158 Å². The van der Waals surface area contributed by atoms with E-state index in [0.717, 1.165) is 0 Å². The molecule has 0 amide bonds. The monoisotopic (exact) mass is 374 g/mol. The van der Waals surface area contributed by atoms with E-state index in [9.17, 15) is 14.7 Å². The zero-order valence-corrected chi connectivity index (χ0v) is 15.9. The van der Waals surface area contributed by atoms with Crippen LogP contribution in [0.4, 0.5) is 0 Å². The highest BCUT2D eigenvalue weighted by Crippen LogP contribution is 2.36. The Morgan fingerprint density at radius 1 is 1.22 bits per heavy atom. The van der Waals surface area contributed by atoms with Crippen molar-refractivity contribution in [1.29, 1.82) is 0 Å². The van der Waals surface area contributed by atoms with E-state index in [2.05, 4.69) is 10.1 Å². The first-order valence-electron chi connectivity index (χ1n) is 9.43. The third kappa shape index (κ3) is 4.18. The summed E-state index contributed by atoms with van der Waals surface area (Å²) in [6.45, 7) is 4.07. The molecular weight excluding hydrogens is 348 g/mol. The maximum atomic E-state index is 12.5. The lowest BCUT2D eigenvalue weighted by molar-refractivity contribution is -0.115. The van der Waals surface area contributed by atoms with Crippen molar-refractivity contribution < 1.29 is 24.3 Å². The lowest BCUT2D eigenvalue weighted by Gasteiger charge is -2.26. The third-order valence-corrected chi connectivity index (χ3v) is 5.07. The lowest BCUT2D eigenvalue weighted by atomic mass is 9.76. The number of carbonyl (C=O) groups excluding carboxylic acids is 2. The van der Waals surface area contributed by atoms with Crippen LogP contribution in [0.15, 0.2) is 20.8 Å². The number of hydrogen-bond donors (Lipinski definition) is 2. The number of nitrogens with zero attached hydrogens (tertiary/aromatic N) is 2. The molecule has 7 heteroatoms. The summed E-state index contributed by atoms with van der Waals surface area (Å²) >= 11 is 0. The number of rotatable bonds is 6. The normalized spacial score (nSPS) is 20.2. The van der Waals surface area contributed by atoms with Gasteiger partial charge >= 0.3 is 0 Å². The number of aliphatic imine (C=N–C) groups is 1. The van der Waals surface area contributed by atoms with Crippen molar-refractivity contribution in [2.45, 2.75) is 58.8 Å². The van der Waals surface area contributed by atoms with E-state index in [1.807, 2.05) is 13.8 Å². The zero-order valence-electron chi connectivity index (χ0n) is 15.9. The van der Waals surface area contributed by atoms with Crippen LogP contribution >= 0.6 is 0 Å². The molecule has 0 bridgehead atoms. The van der Waals surface area contributed by atoms with Crippen molar-refractivity contribution in [3.63, 3.8) is 0 Å². The Kier molecular flexibility index (Phi) is 5.60. The van der Waals surface area contributed by atoms with Crippen molar-refractivity contribution in [3.05, 3.63) is 28.3 Å². The van der Waals surface area contributed by atoms with Gasteiger partial charge in [0.25, 0.3) is 0 Å². The number of Topliss-reactive ketones (excluding diaryl/α,β-unsaturated/α-hetero) is 2. The molecule has 1 heterocycles. The number of fused-ring (bicyclic) bond motifs is 1. The molecule has 146 valence electrons. The second-order valence-corrected chi connectivity index (χ2v) is 8.02. The van der Waals surface area contributed by atoms with Gasteiger partial charge in [-0.1, -0.05) is 19.0 Å². The van der Waals surface area contributed by atoms with Crippen LogP contribution in [-0.2, 0) is 17.6 Å². The number of aryl methyl sites for hydroxylation is 1. The number of aliphatic hydroxyl groups excluding tert-OH is 2. The summed E-state index contributed by atoms with van der Waals surface area (Å²) in [4.78, 5) is 29.1. The summed E-state index contributed by atoms with van der Waals surface area (Å²) in [5, 5.41) is 23.4. The quantitative estimate of drug-likeness (QED) is 0.740. The van der Waals surface area contributed by atoms with Crippen LogP contribution in [0, 0.1) is 5.41 Å². The highest BCUT2D eigenvalue weighted by atomic mass is 16.5. The van der Waals surface area contributed by atoms with Gasteiger partial charge in [-0.05, 0) is 24.7 Å². The first-order chi connectivity index (χ1) is 12.8. The maximum absolute atomic E-state index is 12.5. The minimum Gasteiger partial charge on any atom is -0.511 e. The smallest absolute Gasteiger partial charge is 0.168 e. The molecule has 0 spiro atoms. The van der Waals surface area contributed by atoms with Crippen LogP contribution in [0.25, 0.3) is 0 Å². The van der Waals surface area contributed by atoms with Crippen LogP contribution in [0.5, 0.6) is 0 Å². The molecule has 27 heavy (non-hydrogen) atoms. The molecular formula is C20H26N2O5. The SMILES string of the molecule is CC1(C)CC(=O)c2c(CCC(=NCCO)C3=C(O)CCCC3=O)noc2C1. The molecule has 2 aliphatic rings. The first kappa shape index (κ1) is 19.5. The Morgan fingerprint density at radius 2 is 2.00 bits per heavy atom. The predicted octanol–water partition coefficient (Wildman–Crippen LogP) is 2.76. The summed E-state index contributed by atoms with van der Waals surface area (Å²) in [5.41, 5.74) is 1.72. The molecule has 3 rings (SSSR count). The molecule has 0 radical (unpaired) electrons. The number of aromatic nitrogens is 1. The summed E-state index contributed by atoms with van der Waals surface area (Å²) in [7, 11) is 0. The summed E-state index contributed by atoms with van der Waals surface area (Å²) in [5.74, 6) is 0.580. The van der Waals surface area contributed by atoms with Crippen molar-refractivity contribution >= 4 is 17.3 Å². The fraction of sp³-hybridized carbons (Fsp3) is 0.600. The van der Waals surface area contributed by atoms with E-state index in [1.165, 1.54) is 0 Å². The molecule has 2 aliphatic carbocycles. The zero-order chi connectivity index (χ0) is 19.6. The highest BCUT2D eigenvalue weighted by molar-refractivity contribution is 6.23. The van der Waals surface area contributed by atoms with Gasteiger partial charge in [0.15, 0.2) is 11.6 Å². The minimum absolute atomic E-state index is 0.0298. The van der Waals surface area contributed by atoms with Gasteiger partial charge in [0.1, 0.15) is 11.5 Å². The standard InChI is InChI=1S/C20H26N2O5/c1-20(2)10-16(26)19-13(22-27-17(19)11-20)7-6-12(21-8-9-23)18-14(24)4-3-5-15(18)25/h23-24H,3-11H2,1-2H3. The molecule has 0 atom stereocenters. The van der Waals surface area contributed by atoms with E-state index in [-0.39, 0.29) is 41.5 Å². The number of aliphatic hydroxyl groups is 2. The number of hydrogen-bond acceptors (Lipinski definition) is 7. The summed E-state index contributed by atoms with van der Waals surface area (Å²) in [6, 6.07) is 0. The molecule has 0 aromatic carbocycles. The average molecular weight is 374 g/mol. The molecule has 0 saturated carbocycles. The van der Waals surface area contributed by atoms with Crippen molar-refractivity contribution in [1.82, 2.24) is 5.16 Å². The van der Waals surface area contributed by atoms with Crippen LogP contribution in [0.1, 0.15) is 67.8 Å². The topological polar surface area (TPSA) is 113 Å². The molecule has 7 nitrogen and oxygen atoms in total. The summed E-state index contributed by atoms with van der Waals surface area (Å²) < 4.78 is 5.42. The van der Waals surface area contributed by atoms with Crippen LogP contribution < -0.4 is 0 Å². The number of allylic oxidation sites excluding steroid dienone is 2. The van der Waals surface area contributed by atoms with E-state index in [0.29, 0.717) is 67.7 Å². The molecule has 0 fully saturated rings.